The van der Waals surface area contributed by atoms with Crippen molar-refractivity contribution in [1.29, 1.82) is 0 Å². The Labute approximate surface area is 179 Å². The molecule has 3 aromatic rings. The molecular weight excluding hydrogens is 400 g/mol. The smallest absolute Gasteiger partial charge is 0.287 e. The number of carbonyl (C=O) groups is 2. The Hall–Kier alpha value is -3.06. The summed E-state index contributed by atoms with van der Waals surface area (Å²) in [6.45, 7) is 2.22. The predicted octanol–water partition coefficient (Wildman–Crippen LogP) is 4.90. The topological polar surface area (TPSA) is 81.4 Å². The first-order valence-corrected chi connectivity index (χ1v) is 10.7. The van der Waals surface area contributed by atoms with Crippen LogP contribution < -0.4 is 10.1 Å². The Kier molecular flexibility index (Phi) is 6.18. The Morgan fingerprint density at radius 1 is 1.10 bits per heavy atom. The minimum atomic E-state index is -0.350. The molecule has 1 amide bonds. The largest absolute Gasteiger partial charge is 0.487 e. The molecule has 7 heteroatoms. The van der Waals surface area contributed by atoms with Gasteiger partial charge in [0.1, 0.15) is 23.8 Å². The van der Waals surface area contributed by atoms with Gasteiger partial charge >= 0.3 is 0 Å². The van der Waals surface area contributed by atoms with E-state index in [0.29, 0.717) is 18.9 Å². The van der Waals surface area contributed by atoms with Gasteiger partial charge < -0.3 is 14.5 Å². The molecule has 0 bridgehead atoms. The quantitative estimate of drug-likeness (QED) is 0.556. The van der Waals surface area contributed by atoms with E-state index in [1.165, 1.54) is 0 Å². The third kappa shape index (κ3) is 4.91. The van der Waals surface area contributed by atoms with Crippen molar-refractivity contribution in [3.8, 4) is 17.2 Å². The summed E-state index contributed by atoms with van der Waals surface area (Å²) in [5, 5.41) is 2.36. The first kappa shape index (κ1) is 20.2. The van der Waals surface area contributed by atoms with Crippen LogP contribution in [-0.2, 0) is 17.8 Å². The number of oxazole rings is 1. The highest BCUT2D eigenvalue weighted by atomic mass is 32.2. The number of benzene rings is 2. The Bertz CT molecular complexity index is 1030. The second kappa shape index (κ2) is 9.17. The van der Waals surface area contributed by atoms with Crippen molar-refractivity contribution < 1.29 is 18.7 Å². The van der Waals surface area contributed by atoms with Gasteiger partial charge in [-0.25, -0.2) is 4.98 Å². The van der Waals surface area contributed by atoms with E-state index in [9.17, 15) is 9.59 Å². The normalized spacial score (nSPS) is 16.0. The summed E-state index contributed by atoms with van der Waals surface area (Å²) < 4.78 is 11.6. The van der Waals surface area contributed by atoms with E-state index in [1.54, 1.807) is 0 Å². The molecule has 2 heterocycles. The number of rotatable bonds is 8. The number of aromatic nitrogens is 1. The zero-order valence-corrected chi connectivity index (χ0v) is 17.4. The molecular formula is C23H22N2O4S. The molecule has 4 rings (SSSR count). The average Bonchev–Trinajstić information content (AvgIpc) is 3.29. The maximum atomic E-state index is 11.6. The molecule has 1 unspecified atom stereocenters. The van der Waals surface area contributed by atoms with Gasteiger partial charge in [0.2, 0.25) is 11.0 Å². The zero-order chi connectivity index (χ0) is 20.9. The number of thioether (sulfide) groups is 1. The van der Waals surface area contributed by atoms with Gasteiger partial charge in [-0.05, 0) is 56.0 Å². The van der Waals surface area contributed by atoms with Gasteiger partial charge in [0.25, 0.3) is 5.24 Å². The fourth-order valence-electron chi connectivity index (χ4n) is 3.26. The molecule has 154 valence electrons. The maximum Gasteiger partial charge on any atom is 0.287 e. The van der Waals surface area contributed by atoms with E-state index in [4.69, 9.17) is 9.15 Å². The Morgan fingerprint density at radius 3 is 2.57 bits per heavy atom. The number of nitrogens with one attached hydrogen (secondary N) is 1. The Morgan fingerprint density at radius 2 is 1.87 bits per heavy atom. The predicted molar refractivity (Wildman–Crippen MR) is 115 cm³/mol. The molecule has 6 nitrogen and oxygen atoms in total. The number of nitrogens with zero attached hydrogens (tertiary/aromatic N) is 1. The Balaban J connectivity index is 1.27. The lowest BCUT2D eigenvalue weighted by atomic mass is 10.1. The summed E-state index contributed by atoms with van der Waals surface area (Å²) in [6, 6.07) is 17.3. The van der Waals surface area contributed by atoms with E-state index in [1.807, 2.05) is 61.5 Å². The molecule has 0 spiro atoms. The van der Waals surface area contributed by atoms with Crippen LogP contribution in [0.2, 0.25) is 0 Å². The van der Waals surface area contributed by atoms with Gasteiger partial charge in [0.05, 0.1) is 6.04 Å². The van der Waals surface area contributed by atoms with E-state index in [2.05, 4.69) is 10.3 Å². The highest BCUT2D eigenvalue weighted by Gasteiger charge is 2.30. The molecule has 1 aliphatic heterocycles. The van der Waals surface area contributed by atoms with Crippen LogP contribution in [-0.4, -0.2) is 21.4 Å². The highest BCUT2D eigenvalue weighted by Crippen LogP contribution is 2.23. The highest BCUT2D eigenvalue weighted by molar-refractivity contribution is 8.26. The molecule has 0 aliphatic carbocycles. The SMILES string of the molecule is Cc1oc(-c2ccccc2)nc1COc1ccc(CCCC2NC(=O)SC2=O)cc1. The van der Waals surface area contributed by atoms with Crippen LogP contribution in [0.3, 0.4) is 0 Å². The lowest BCUT2D eigenvalue weighted by Gasteiger charge is -2.08. The fraction of sp³-hybridized carbons (Fsp3) is 0.261. The molecule has 0 radical (unpaired) electrons. The van der Waals surface area contributed by atoms with E-state index < -0.39 is 0 Å². The van der Waals surface area contributed by atoms with Crippen LogP contribution >= 0.6 is 11.8 Å². The minimum absolute atomic E-state index is 0.0812. The molecule has 30 heavy (non-hydrogen) atoms. The van der Waals surface area contributed by atoms with Gasteiger partial charge in [-0.2, -0.15) is 0 Å². The van der Waals surface area contributed by atoms with Crippen LogP contribution in [0.15, 0.2) is 59.0 Å². The monoisotopic (exact) mass is 422 g/mol. The third-order valence-electron chi connectivity index (χ3n) is 4.94. The van der Waals surface area contributed by atoms with Crippen LogP contribution in [0.1, 0.15) is 29.9 Å². The molecule has 1 aliphatic rings. The van der Waals surface area contributed by atoms with Crippen LogP contribution in [0.5, 0.6) is 5.75 Å². The van der Waals surface area contributed by atoms with E-state index >= 15 is 0 Å². The standard InChI is InChI=1S/C23H22N2O4S/c1-15-20(24-21(29-15)17-7-3-2-4-8-17)14-28-18-12-10-16(11-13-18)6-5-9-19-22(26)30-23(27)25-19/h2-4,7-8,10-13,19H,5-6,9,14H2,1H3,(H,25,27). The average molecular weight is 423 g/mol. The van der Waals surface area contributed by atoms with Crippen molar-refractivity contribution in [3.05, 3.63) is 71.6 Å². The molecule has 2 aromatic carbocycles. The third-order valence-corrected chi connectivity index (χ3v) is 5.73. The van der Waals surface area contributed by atoms with Gasteiger partial charge in [0.15, 0.2) is 0 Å². The molecule has 0 saturated carbocycles. The summed E-state index contributed by atoms with van der Waals surface area (Å²) in [6.07, 6.45) is 2.33. The summed E-state index contributed by atoms with van der Waals surface area (Å²) >= 11 is 0.764. The number of hydrogen-bond acceptors (Lipinski definition) is 6. The molecule has 1 aromatic heterocycles. The summed E-state index contributed by atoms with van der Waals surface area (Å²) in [4.78, 5) is 27.4. The first-order chi connectivity index (χ1) is 14.6. The summed E-state index contributed by atoms with van der Waals surface area (Å²) in [7, 11) is 0. The lowest BCUT2D eigenvalue weighted by Crippen LogP contribution is -2.28. The van der Waals surface area contributed by atoms with Gasteiger partial charge in [-0.15, -0.1) is 0 Å². The number of hydrogen-bond donors (Lipinski definition) is 1. The fourth-order valence-corrected chi connectivity index (χ4v) is 3.97. The maximum absolute atomic E-state index is 11.6. The molecule has 1 N–H and O–H groups in total. The van der Waals surface area contributed by atoms with Crippen LogP contribution in [0, 0.1) is 6.92 Å². The lowest BCUT2D eigenvalue weighted by molar-refractivity contribution is -0.112. The van der Waals surface area contributed by atoms with Crippen LogP contribution in [0.25, 0.3) is 11.5 Å². The van der Waals surface area contributed by atoms with Crippen molar-refractivity contribution in [3.63, 3.8) is 0 Å². The zero-order valence-electron chi connectivity index (χ0n) is 16.6. The van der Waals surface area contributed by atoms with Gasteiger partial charge in [0, 0.05) is 17.3 Å². The van der Waals surface area contributed by atoms with Crippen molar-refractivity contribution in [2.45, 2.75) is 38.8 Å². The molecule has 1 atom stereocenters. The number of aryl methyl sites for hydroxylation is 2. The van der Waals surface area contributed by atoms with Crippen molar-refractivity contribution >= 4 is 22.1 Å². The van der Waals surface area contributed by atoms with Crippen molar-refractivity contribution in [2.75, 3.05) is 0 Å². The summed E-state index contributed by atoms with van der Waals surface area (Å²) in [5.41, 5.74) is 2.88. The molecule has 1 saturated heterocycles. The van der Waals surface area contributed by atoms with Crippen LogP contribution in [0.4, 0.5) is 4.79 Å². The van der Waals surface area contributed by atoms with Crippen molar-refractivity contribution in [2.24, 2.45) is 0 Å². The van der Waals surface area contributed by atoms with Gasteiger partial charge in [-0.3, -0.25) is 9.59 Å². The number of carbonyl (C=O) groups excluding carboxylic acids is 2. The first-order valence-electron chi connectivity index (χ1n) is 9.84. The summed E-state index contributed by atoms with van der Waals surface area (Å²) in [5.74, 6) is 2.10. The van der Waals surface area contributed by atoms with E-state index in [0.717, 1.165) is 52.9 Å². The number of ether oxygens (including phenoxy) is 1. The molecule has 1 fully saturated rings. The van der Waals surface area contributed by atoms with Gasteiger partial charge in [-0.1, -0.05) is 30.3 Å². The van der Waals surface area contributed by atoms with E-state index in [-0.39, 0.29) is 16.4 Å². The minimum Gasteiger partial charge on any atom is -0.487 e. The second-order valence-electron chi connectivity index (χ2n) is 7.12. The number of amides is 1. The van der Waals surface area contributed by atoms with Crippen molar-refractivity contribution in [1.82, 2.24) is 10.3 Å². The second-order valence-corrected chi connectivity index (χ2v) is 8.10.